The van der Waals surface area contributed by atoms with Crippen molar-refractivity contribution in [3.05, 3.63) is 15.3 Å². The van der Waals surface area contributed by atoms with E-state index in [9.17, 15) is 0 Å². The summed E-state index contributed by atoms with van der Waals surface area (Å²) in [4.78, 5) is 8.25. The molecule has 0 saturated heterocycles. The Labute approximate surface area is 80.0 Å². The summed E-state index contributed by atoms with van der Waals surface area (Å²) >= 11 is 0. The Bertz CT molecular complexity index is 163. The minimum atomic E-state index is -4.92. The molecular formula is H13ClN4O7S. The SMILES string of the molecule is O=S(=O)([O-])O.O=[N+]([O-])[O-].[Cl-].[NH4+].[NH4+].[NH4+]. The van der Waals surface area contributed by atoms with Gasteiger partial charge in [-0.25, -0.2) is 8.42 Å². The summed E-state index contributed by atoms with van der Waals surface area (Å²) in [7, 11) is -4.92. The Morgan fingerprint density at radius 3 is 1.08 bits per heavy atom. The van der Waals surface area contributed by atoms with Crippen molar-refractivity contribution in [2.75, 3.05) is 0 Å². The summed E-state index contributed by atoms with van der Waals surface area (Å²) in [5.74, 6) is 0. The highest BCUT2D eigenvalue weighted by Crippen LogP contribution is 1.58. The Balaban J connectivity index is -0.0000000146. The molecule has 0 aromatic heterocycles. The van der Waals surface area contributed by atoms with Crippen LogP contribution in [-0.4, -0.2) is 22.6 Å². The second-order valence-corrected chi connectivity index (χ2v) is 1.51. The largest absolute Gasteiger partial charge is 1.00 e. The topological polar surface area (TPSA) is 253 Å². The quantitative estimate of drug-likeness (QED) is 0.148. The summed E-state index contributed by atoms with van der Waals surface area (Å²) in [6.45, 7) is 0. The van der Waals surface area contributed by atoms with Crippen LogP contribution in [-0.2, 0) is 10.4 Å². The summed E-state index contributed by atoms with van der Waals surface area (Å²) in [5.41, 5.74) is 0. The van der Waals surface area contributed by atoms with E-state index in [1.54, 1.807) is 0 Å². The number of quaternary nitrogens is 3. The van der Waals surface area contributed by atoms with Crippen LogP contribution in [0.2, 0.25) is 0 Å². The summed E-state index contributed by atoms with van der Waals surface area (Å²) in [6, 6.07) is 0. The van der Waals surface area contributed by atoms with Gasteiger partial charge in [-0.1, -0.05) is 0 Å². The van der Waals surface area contributed by atoms with Crippen LogP contribution in [0, 0.1) is 15.3 Å². The van der Waals surface area contributed by atoms with Crippen LogP contribution >= 0.6 is 0 Å². The predicted octanol–water partition coefficient (Wildman–Crippen LogP) is -3.10. The molecule has 13 N–H and O–H groups in total. The molecule has 0 heterocycles. The van der Waals surface area contributed by atoms with Gasteiger partial charge in [0.25, 0.3) is 0 Å². The van der Waals surface area contributed by atoms with Gasteiger partial charge in [0.15, 0.2) is 0 Å². The minimum absolute atomic E-state index is 0. The molecule has 0 aromatic carbocycles. The van der Waals surface area contributed by atoms with Crippen LogP contribution in [0.4, 0.5) is 0 Å². The van der Waals surface area contributed by atoms with Crippen molar-refractivity contribution in [3.63, 3.8) is 0 Å². The maximum Gasteiger partial charge on any atom is 0.215 e. The van der Waals surface area contributed by atoms with Gasteiger partial charge in [0.05, 0.1) is 5.09 Å². The van der Waals surface area contributed by atoms with Crippen LogP contribution in [0.1, 0.15) is 0 Å². The standard InChI is InChI=1S/ClH.NO3.3H3N.H2O4S/c;2-1(3)4;;;;1-5(2,3)4/h1H;;3*1H3;(H2,1,2,3,4)/q;-1;;;;/p+1. The highest BCUT2D eigenvalue weighted by atomic mass is 35.5. The van der Waals surface area contributed by atoms with Gasteiger partial charge in [-0.2, -0.15) is 0 Å². The molecule has 0 saturated carbocycles. The van der Waals surface area contributed by atoms with Gasteiger partial charge in [-0.15, -0.1) is 0 Å². The Hall–Kier alpha value is -0.760. The molecule has 0 unspecified atom stereocenters. The first kappa shape index (κ1) is 39.7. The van der Waals surface area contributed by atoms with E-state index in [-0.39, 0.29) is 30.9 Å². The summed E-state index contributed by atoms with van der Waals surface area (Å²) < 4.78 is 32.8. The third-order valence-corrected chi connectivity index (χ3v) is 0. The molecule has 13 heavy (non-hydrogen) atoms. The predicted molar refractivity (Wildman–Crippen MR) is 40.6 cm³/mol. The first-order valence-electron chi connectivity index (χ1n) is 1.23. The van der Waals surface area contributed by atoms with Gasteiger partial charge in [0, 0.05) is 0 Å². The number of hydrogen-bond acceptors (Lipinski definition) is 6. The Morgan fingerprint density at radius 2 is 1.08 bits per heavy atom. The van der Waals surface area contributed by atoms with Gasteiger partial charge < -0.3 is 50.7 Å². The van der Waals surface area contributed by atoms with Gasteiger partial charge in [0.2, 0.25) is 10.4 Å². The molecule has 0 atom stereocenters. The third-order valence-electron chi connectivity index (χ3n) is 0. The lowest BCUT2D eigenvalue weighted by atomic mass is 13.1. The zero-order valence-electron chi connectivity index (χ0n) is 7.13. The maximum atomic E-state index is 8.63. The minimum Gasteiger partial charge on any atom is -1.00 e. The van der Waals surface area contributed by atoms with E-state index in [0.717, 1.165) is 0 Å². The van der Waals surface area contributed by atoms with Gasteiger partial charge in [-0.05, 0) is 0 Å². The Morgan fingerprint density at radius 1 is 1.08 bits per heavy atom. The molecule has 88 valence electrons. The van der Waals surface area contributed by atoms with E-state index in [0.29, 0.717) is 0 Å². The molecule has 0 aliphatic heterocycles. The van der Waals surface area contributed by atoms with E-state index >= 15 is 0 Å². The van der Waals surface area contributed by atoms with E-state index < -0.39 is 15.5 Å². The summed E-state index contributed by atoms with van der Waals surface area (Å²) in [6.07, 6.45) is 0. The third kappa shape index (κ3) is 1660. The lowest BCUT2D eigenvalue weighted by molar-refractivity contribution is -0.402. The monoisotopic (exact) mass is 248 g/mol. The van der Waals surface area contributed by atoms with Crippen molar-refractivity contribution in [1.82, 2.24) is 18.5 Å². The highest BCUT2D eigenvalue weighted by molar-refractivity contribution is 7.79. The van der Waals surface area contributed by atoms with Gasteiger partial charge in [-0.3, -0.25) is 4.55 Å². The fraction of sp³-hybridized carbons (Fsp3) is 0. The molecule has 0 amide bonds. The lowest BCUT2D eigenvalue weighted by Gasteiger charge is -1.88. The van der Waals surface area contributed by atoms with E-state index in [1.165, 1.54) is 0 Å². The first-order chi connectivity index (χ1) is 3.73. The number of halogens is 1. The number of rotatable bonds is 0. The van der Waals surface area contributed by atoms with Crippen LogP contribution in [0.5, 0.6) is 0 Å². The van der Waals surface area contributed by atoms with E-state index in [2.05, 4.69) is 0 Å². The molecule has 0 aliphatic rings. The van der Waals surface area contributed by atoms with Crippen molar-refractivity contribution in [1.29, 1.82) is 0 Å². The summed E-state index contributed by atoms with van der Waals surface area (Å²) in [5, 5.41) is 14.8. The van der Waals surface area contributed by atoms with Crippen molar-refractivity contribution in [2.45, 2.75) is 0 Å². The number of hydrogen-bond donors (Lipinski definition) is 4. The second-order valence-electron chi connectivity index (χ2n) is 0.651. The zero-order valence-corrected chi connectivity index (χ0v) is 8.70. The fourth-order valence-corrected chi connectivity index (χ4v) is 0. The van der Waals surface area contributed by atoms with Crippen LogP contribution in [0.3, 0.4) is 0 Å². The molecule has 0 aromatic rings. The van der Waals surface area contributed by atoms with Crippen LogP contribution in [0.15, 0.2) is 0 Å². The average Bonchev–Trinajstić information content (AvgIpc) is 1.19. The maximum absolute atomic E-state index is 8.63. The smallest absolute Gasteiger partial charge is 0.215 e. The van der Waals surface area contributed by atoms with Crippen molar-refractivity contribution >= 4 is 10.4 Å². The van der Waals surface area contributed by atoms with Crippen LogP contribution < -0.4 is 30.9 Å². The van der Waals surface area contributed by atoms with Crippen molar-refractivity contribution in [3.8, 4) is 0 Å². The molecular weight excluding hydrogens is 236 g/mol. The fourth-order valence-electron chi connectivity index (χ4n) is 0. The normalized spacial score (nSPS) is 6.31. The van der Waals surface area contributed by atoms with Crippen molar-refractivity contribution < 1.29 is 35.0 Å². The molecule has 0 rings (SSSR count). The molecule has 0 radical (unpaired) electrons. The second kappa shape index (κ2) is 17.4. The van der Waals surface area contributed by atoms with E-state index in [4.69, 9.17) is 32.8 Å². The number of nitrogens with zero attached hydrogens (tertiary/aromatic N) is 1. The molecule has 0 bridgehead atoms. The zero-order chi connectivity index (χ0) is 8.08. The Kier molecular flexibility index (Phi) is 53.0. The van der Waals surface area contributed by atoms with E-state index in [1.807, 2.05) is 0 Å². The van der Waals surface area contributed by atoms with Crippen LogP contribution in [0.25, 0.3) is 0 Å². The van der Waals surface area contributed by atoms with Gasteiger partial charge in [0.1, 0.15) is 0 Å². The molecule has 13 heteroatoms. The molecule has 0 fully saturated rings. The molecule has 11 nitrogen and oxygen atoms in total. The highest BCUT2D eigenvalue weighted by Gasteiger charge is 1.67. The van der Waals surface area contributed by atoms with Crippen molar-refractivity contribution in [2.24, 2.45) is 0 Å². The molecule has 0 spiro atoms. The van der Waals surface area contributed by atoms with Gasteiger partial charge >= 0.3 is 0 Å². The molecule has 0 aliphatic carbocycles. The average molecular weight is 249 g/mol. The first-order valence-corrected chi connectivity index (χ1v) is 2.60. The lowest BCUT2D eigenvalue weighted by Crippen LogP contribution is -3.00.